The minimum Gasteiger partial charge on any atom is -0.324 e. The van der Waals surface area contributed by atoms with E-state index in [4.69, 9.17) is 11.6 Å². The van der Waals surface area contributed by atoms with Gasteiger partial charge in [-0.3, -0.25) is 4.79 Å². The maximum atomic E-state index is 12.2. The largest absolute Gasteiger partial charge is 0.324 e. The lowest BCUT2D eigenvalue weighted by Crippen LogP contribution is -1.96. The van der Waals surface area contributed by atoms with E-state index >= 15 is 0 Å². The quantitative estimate of drug-likeness (QED) is 0.343. The van der Waals surface area contributed by atoms with Crippen molar-refractivity contribution in [2.75, 3.05) is 0 Å². The number of hydrogen-bond acceptors (Lipinski definition) is 1. The van der Waals surface area contributed by atoms with E-state index in [0.717, 1.165) is 11.3 Å². The Morgan fingerprint density at radius 2 is 1.50 bits per heavy atom. The third-order valence-electron chi connectivity index (χ3n) is 3.55. The van der Waals surface area contributed by atoms with E-state index in [1.54, 1.807) is 6.08 Å². The van der Waals surface area contributed by atoms with Gasteiger partial charge in [-0.15, -0.1) is 0 Å². The Balaban J connectivity index is 1.69. The zero-order valence-corrected chi connectivity index (χ0v) is 13.7. The van der Waals surface area contributed by atoms with Gasteiger partial charge in [-0.1, -0.05) is 41.9 Å². The molecule has 0 N–H and O–H groups in total. The molecule has 0 spiro atoms. The average Bonchev–Trinajstić information content (AvgIpc) is 3.15. The lowest BCUT2D eigenvalue weighted by molar-refractivity contribution is 0.104. The molecule has 0 amide bonds. The molecule has 2 nitrogen and oxygen atoms in total. The second-order valence-electron chi connectivity index (χ2n) is 5.27. The zero-order valence-electron chi connectivity index (χ0n) is 13.0. The van der Waals surface area contributed by atoms with Gasteiger partial charge in [0, 0.05) is 28.7 Å². The van der Waals surface area contributed by atoms with E-state index in [9.17, 15) is 4.79 Å². The smallest absolute Gasteiger partial charge is 0.185 e. The summed E-state index contributed by atoms with van der Waals surface area (Å²) in [6.07, 6.45) is 8.86. The summed E-state index contributed by atoms with van der Waals surface area (Å²) >= 11 is 6.16. The number of allylic oxidation sites excluding steroid dienone is 3. The molecule has 0 aliphatic heterocycles. The highest BCUT2D eigenvalue weighted by Crippen LogP contribution is 2.14. The summed E-state index contributed by atoms with van der Waals surface area (Å²) in [6.45, 7) is 0. The van der Waals surface area contributed by atoms with Crippen LogP contribution >= 0.6 is 11.6 Å². The van der Waals surface area contributed by atoms with Crippen molar-refractivity contribution < 1.29 is 4.79 Å². The third-order valence-corrected chi connectivity index (χ3v) is 3.79. The predicted molar refractivity (Wildman–Crippen MR) is 99.5 cm³/mol. The van der Waals surface area contributed by atoms with Gasteiger partial charge in [0.15, 0.2) is 5.78 Å². The molecule has 24 heavy (non-hydrogen) atoms. The first-order chi connectivity index (χ1) is 11.7. The fraction of sp³-hybridized carbons (Fsp3) is 0. The van der Waals surface area contributed by atoms with Gasteiger partial charge in [-0.25, -0.2) is 0 Å². The summed E-state index contributed by atoms with van der Waals surface area (Å²) in [7, 11) is 0. The molecule has 0 aliphatic carbocycles. The van der Waals surface area contributed by atoms with Crippen molar-refractivity contribution >= 4 is 23.5 Å². The van der Waals surface area contributed by atoms with Gasteiger partial charge in [-0.05, 0) is 60.2 Å². The molecule has 0 saturated carbocycles. The number of nitrogens with zero attached hydrogens (tertiary/aromatic N) is 1. The number of ketones is 1. The molecule has 0 saturated heterocycles. The summed E-state index contributed by atoms with van der Waals surface area (Å²) in [4.78, 5) is 12.2. The van der Waals surface area contributed by atoms with Crippen molar-refractivity contribution in [1.29, 1.82) is 0 Å². The number of carbonyl (C=O) groups excluding carboxylic acids is 1. The first-order valence-corrected chi connectivity index (χ1v) is 7.98. The van der Waals surface area contributed by atoms with Crippen LogP contribution in [-0.2, 0) is 0 Å². The van der Waals surface area contributed by atoms with E-state index in [1.807, 2.05) is 89.8 Å². The van der Waals surface area contributed by atoms with Gasteiger partial charge >= 0.3 is 0 Å². The predicted octanol–water partition coefficient (Wildman–Crippen LogP) is 5.50. The molecule has 1 heterocycles. The highest BCUT2D eigenvalue weighted by molar-refractivity contribution is 6.33. The molecule has 0 fully saturated rings. The number of rotatable bonds is 5. The van der Waals surface area contributed by atoms with Crippen LogP contribution in [0.5, 0.6) is 0 Å². The van der Waals surface area contributed by atoms with Crippen molar-refractivity contribution in [3.63, 3.8) is 0 Å². The molecule has 118 valence electrons. The highest BCUT2D eigenvalue weighted by atomic mass is 35.5. The summed E-state index contributed by atoms with van der Waals surface area (Å²) in [5.74, 6) is -0.0753. The van der Waals surface area contributed by atoms with Crippen LogP contribution in [0.25, 0.3) is 11.8 Å². The number of hydrogen-bond donors (Lipinski definition) is 0. The van der Waals surface area contributed by atoms with Crippen molar-refractivity contribution in [3.05, 3.63) is 107 Å². The summed E-state index contributed by atoms with van der Waals surface area (Å²) in [6, 6.07) is 21.1. The van der Waals surface area contributed by atoms with Crippen molar-refractivity contribution in [2.45, 2.75) is 0 Å². The Labute approximate surface area is 146 Å². The van der Waals surface area contributed by atoms with Crippen LogP contribution in [0.3, 0.4) is 0 Å². The molecule has 0 radical (unpaired) electrons. The summed E-state index contributed by atoms with van der Waals surface area (Å²) < 4.78 is 1.99. The number of benzene rings is 2. The monoisotopic (exact) mass is 333 g/mol. The molecule has 0 unspecified atom stereocenters. The van der Waals surface area contributed by atoms with Gasteiger partial charge < -0.3 is 4.57 Å². The van der Waals surface area contributed by atoms with E-state index in [0.29, 0.717) is 10.6 Å². The fourth-order valence-corrected chi connectivity index (χ4v) is 2.50. The number of halogens is 1. The standard InChI is InChI=1S/C21H16ClNO/c22-19(16-17-6-2-1-3-7-17)10-13-21(24)18-8-11-20(12-9-18)23-14-4-5-15-23/h1-16H/b13-10+,19-16-. The Kier molecular flexibility index (Phi) is 5.09. The van der Waals surface area contributed by atoms with Crippen LogP contribution < -0.4 is 0 Å². The van der Waals surface area contributed by atoms with E-state index in [-0.39, 0.29) is 5.78 Å². The second kappa shape index (κ2) is 7.62. The molecule has 0 bridgehead atoms. The zero-order chi connectivity index (χ0) is 16.8. The molecular formula is C21H16ClNO. The molecule has 0 atom stereocenters. The fourth-order valence-electron chi connectivity index (χ4n) is 2.31. The molecule has 1 aromatic heterocycles. The van der Waals surface area contributed by atoms with Gasteiger partial charge in [0.2, 0.25) is 0 Å². The summed E-state index contributed by atoms with van der Waals surface area (Å²) in [5, 5.41) is 0.513. The Bertz CT molecular complexity index is 860. The lowest BCUT2D eigenvalue weighted by atomic mass is 10.1. The van der Waals surface area contributed by atoms with E-state index in [1.165, 1.54) is 6.08 Å². The first kappa shape index (κ1) is 16.0. The van der Waals surface area contributed by atoms with Crippen molar-refractivity contribution in [2.24, 2.45) is 0 Å². The van der Waals surface area contributed by atoms with Crippen LogP contribution in [-0.4, -0.2) is 10.4 Å². The topological polar surface area (TPSA) is 22.0 Å². The normalized spacial score (nSPS) is 11.8. The van der Waals surface area contributed by atoms with Crippen LogP contribution in [0.1, 0.15) is 15.9 Å². The molecule has 0 aliphatic rings. The molecule has 3 aromatic rings. The Morgan fingerprint density at radius 1 is 0.833 bits per heavy atom. The highest BCUT2D eigenvalue weighted by Gasteiger charge is 2.02. The Morgan fingerprint density at radius 3 is 2.17 bits per heavy atom. The number of aromatic nitrogens is 1. The minimum absolute atomic E-state index is 0.0753. The van der Waals surface area contributed by atoms with Crippen molar-refractivity contribution in [3.8, 4) is 5.69 Å². The first-order valence-electron chi connectivity index (χ1n) is 7.60. The SMILES string of the molecule is O=C(/C=C/C(Cl)=C/c1ccccc1)c1ccc(-n2cccc2)cc1. The van der Waals surface area contributed by atoms with Gasteiger partial charge in [0.1, 0.15) is 0 Å². The number of carbonyl (C=O) groups is 1. The van der Waals surface area contributed by atoms with Crippen molar-refractivity contribution in [1.82, 2.24) is 4.57 Å². The third kappa shape index (κ3) is 4.12. The second-order valence-corrected chi connectivity index (χ2v) is 5.71. The van der Waals surface area contributed by atoms with Gasteiger partial charge in [-0.2, -0.15) is 0 Å². The molecule has 3 rings (SSSR count). The minimum atomic E-state index is -0.0753. The van der Waals surface area contributed by atoms with Crippen LogP contribution in [0, 0.1) is 0 Å². The maximum absolute atomic E-state index is 12.2. The molecule has 2 aromatic carbocycles. The molecule has 3 heteroatoms. The molecular weight excluding hydrogens is 318 g/mol. The van der Waals surface area contributed by atoms with E-state index in [2.05, 4.69) is 0 Å². The lowest BCUT2D eigenvalue weighted by Gasteiger charge is -2.03. The Hall–Kier alpha value is -2.84. The van der Waals surface area contributed by atoms with Gasteiger partial charge in [0.05, 0.1) is 0 Å². The maximum Gasteiger partial charge on any atom is 0.185 e. The van der Waals surface area contributed by atoms with Crippen LogP contribution in [0.4, 0.5) is 0 Å². The summed E-state index contributed by atoms with van der Waals surface area (Å²) in [5.41, 5.74) is 2.64. The van der Waals surface area contributed by atoms with Crippen LogP contribution in [0.2, 0.25) is 0 Å². The van der Waals surface area contributed by atoms with Crippen LogP contribution in [0.15, 0.2) is 96.3 Å². The van der Waals surface area contributed by atoms with Gasteiger partial charge in [0.25, 0.3) is 0 Å². The average molecular weight is 334 g/mol. The van der Waals surface area contributed by atoms with E-state index < -0.39 is 0 Å².